The number of rotatable bonds is 4. The molecule has 6 heteroatoms. The Labute approximate surface area is 113 Å². The zero-order valence-electron chi connectivity index (χ0n) is 10.8. The molecule has 19 heavy (non-hydrogen) atoms. The fourth-order valence-electron chi connectivity index (χ4n) is 2.58. The predicted molar refractivity (Wildman–Crippen MR) is 71.1 cm³/mol. The lowest BCUT2D eigenvalue weighted by Crippen LogP contribution is -2.47. The maximum absolute atomic E-state index is 12.3. The first-order chi connectivity index (χ1) is 9.08. The van der Waals surface area contributed by atoms with Gasteiger partial charge in [-0.2, -0.15) is 0 Å². The summed E-state index contributed by atoms with van der Waals surface area (Å²) in [5.41, 5.74) is 2.26. The SMILES string of the molecule is COC1CC(NS(=O)(=O)c2ccc3c(c2)CNC3)C1. The van der Waals surface area contributed by atoms with Crippen LogP contribution in [0.4, 0.5) is 0 Å². The third kappa shape index (κ3) is 2.53. The first-order valence-corrected chi connectivity index (χ1v) is 7.94. The molecule has 1 aromatic carbocycles. The van der Waals surface area contributed by atoms with Crippen molar-refractivity contribution < 1.29 is 13.2 Å². The Morgan fingerprint density at radius 3 is 2.74 bits per heavy atom. The zero-order valence-corrected chi connectivity index (χ0v) is 11.7. The zero-order chi connectivity index (χ0) is 13.5. The first kappa shape index (κ1) is 13.1. The summed E-state index contributed by atoms with van der Waals surface area (Å²) < 4.78 is 32.4. The summed E-state index contributed by atoms with van der Waals surface area (Å²) in [6, 6.07) is 5.34. The van der Waals surface area contributed by atoms with Crippen molar-refractivity contribution in [1.82, 2.24) is 10.0 Å². The van der Waals surface area contributed by atoms with E-state index < -0.39 is 10.0 Å². The second-order valence-corrected chi connectivity index (χ2v) is 6.90. The van der Waals surface area contributed by atoms with Crippen LogP contribution >= 0.6 is 0 Å². The van der Waals surface area contributed by atoms with Gasteiger partial charge in [0.05, 0.1) is 11.0 Å². The highest BCUT2D eigenvalue weighted by Crippen LogP contribution is 2.25. The summed E-state index contributed by atoms with van der Waals surface area (Å²) in [6.07, 6.45) is 1.70. The number of hydrogen-bond acceptors (Lipinski definition) is 4. The van der Waals surface area contributed by atoms with Crippen molar-refractivity contribution in [2.45, 2.75) is 43.0 Å². The van der Waals surface area contributed by atoms with Gasteiger partial charge in [-0.25, -0.2) is 13.1 Å². The van der Waals surface area contributed by atoms with E-state index in [1.165, 1.54) is 5.56 Å². The lowest BCUT2D eigenvalue weighted by molar-refractivity contribution is 0.0236. The van der Waals surface area contributed by atoms with E-state index in [9.17, 15) is 8.42 Å². The number of sulfonamides is 1. The van der Waals surface area contributed by atoms with Gasteiger partial charge in [0, 0.05) is 26.2 Å². The number of ether oxygens (including phenoxy) is 1. The summed E-state index contributed by atoms with van der Waals surface area (Å²) in [6.45, 7) is 1.56. The molecule has 3 rings (SSSR count). The molecule has 1 heterocycles. The van der Waals surface area contributed by atoms with Gasteiger partial charge >= 0.3 is 0 Å². The molecular formula is C13H18N2O3S. The Hall–Kier alpha value is -0.950. The van der Waals surface area contributed by atoms with Crippen LogP contribution in [-0.2, 0) is 27.8 Å². The minimum atomic E-state index is -3.41. The lowest BCUT2D eigenvalue weighted by Gasteiger charge is -2.34. The molecule has 0 spiro atoms. The fourth-order valence-corrected chi connectivity index (χ4v) is 3.89. The minimum Gasteiger partial charge on any atom is -0.381 e. The predicted octanol–water partition coefficient (Wildman–Crippen LogP) is 0.745. The summed E-state index contributed by atoms with van der Waals surface area (Å²) in [4.78, 5) is 0.357. The number of methoxy groups -OCH3 is 1. The topological polar surface area (TPSA) is 67.4 Å². The van der Waals surface area contributed by atoms with Crippen LogP contribution < -0.4 is 10.0 Å². The van der Waals surface area contributed by atoms with E-state index in [-0.39, 0.29) is 12.1 Å². The maximum Gasteiger partial charge on any atom is 0.240 e. The monoisotopic (exact) mass is 282 g/mol. The van der Waals surface area contributed by atoms with Crippen LogP contribution in [0.15, 0.2) is 23.1 Å². The normalized spacial score (nSPS) is 25.9. The van der Waals surface area contributed by atoms with E-state index in [1.54, 1.807) is 19.2 Å². The molecule has 5 nitrogen and oxygen atoms in total. The van der Waals surface area contributed by atoms with Crippen LogP contribution in [0.3, 0.4) is 0 Å². The third-order valence-electron chi connectivity index (χ3n) is 3.87. The molecule has 0 unspecified atom stereocenters. The van der Waals surface area contributed by atoms with Gasteiger partial charge in [-0.1, -0.05) is 6.07 Å². The molecule has 1 aliphatic carbocycles. The summed E-state index contributed by atoms with van der Waals surface area (Å²) in [5, 5.41) is 3.21. The van der Waals surface area contributed by atoms with E-state index in [4.69, 9.17) is 4.74 Å². The first-order valence-electron chi connectivity index (χ1n) is 6.46. The van der Waals surface area contributed by atoms with Gasteiger partial charge in [0.25, 0.3) is 0 Å². The standard InChI is InChI=1S/C13H18N2O3S/c1-18-12-5-11(6-12)15-19(16,17)13-3-2-9-7-14-8-10(9)4-13/h2-4,11-12,14-15H,5-8H2,1H3. The molecular weight excluding hydrogens is 264 g/mol. The average Bonchev–Trinajstić information content (AvgIpc) is 2.80. The molecule has 0 saturated heterocycles. The van der Waals surface area contributed by atoms with Crippen LogP contribution in [0.1, 0.15) is 24.0 Å². The van der Waals surface area contributed by atoms with Gasteiger partial charge in [0.2, 0.25) is 10.0 Å². The van der Waals surface area contributed by atoms with Crippen molar-refractivity contribution in [3.05, 3.63) is 29.3 Å². The number of nitrogens with one attached hydrogen (secondary N) is 2. The third-order valence-corrected chi connectivity index (χ3v) is 5.39. The van der Waals surface area contributed by atoms with Gasteiger partial charge in [-0.15, -0.1) is 0 Å². The largest absolute Gasteiger partial charge is 0.381 e. The molecule has 2 aliphatic rings. The highest BCUT2D eigenvalue weighted by Gasteiger charge is 2.32. The van der Waals surface area contributed by atoms with Crippen molar-refractivity contribution in [2.24, 2.45) is 0 Å². The van der Waals surface area contributed by atoms with Crippen LogP contribution in [0.2, 0.25) is 0 Å². The van der Waals surface area contributed by atoms with Gasteiger partial charge < -0.3 is 10.1 Å². The number of benzene rings is 1. The van der Waals surface area contributed by atoms with E-state index in [0.717, 1.165) is 31.5 Å². The number of fused-ring (bicyclic) bond motifs is 1. The molecule has 0 aromatic heterocycles. The highest BCUT2D eigenvalue weighted by molar-refractivity contribution is 7.89. The van der Waals surface area contributed by atoms with Crippen molar-refractivity contribution in [1.29, 1.82) is 0 Å². The molecule has 0 radical (unpaired) electrons. The van der Waals surface area contributed by atoms with E-state index >= 15 is 0 Å². The second-order valence-electron chi connectivity index (χ2n) is 5.18. The van der Waals surface area contributed by atoms with Crippen LogP contribution in [-0.4, -0.2) is 27.7 Å². The van der Waals surface area contributed by atoms with Crippen molar-refractivity contribution in [3.8, 4) is 0 Å². The van der Waals surface area contributed by atoms with Crippen LogP contribution in [0.25, 0.3) is 0 Å². The lowest BCUT2D eigenvalue weighted by atomic mass is 9.90. The second kappa shape index (κ2) is 4.86. The summed E-state index contributed by atoms with van der Waals surface area (Å²) in [7, 11) is -1.75. The average molecular weight is 282 g/mol. The Morgan fingerprint density at radius 1 is 1.26 bits per heavy atom. The van der Waals surface area contributed by atoms with Gasteiger partial charge in [-0.05, 0) is 36.1 Å². The molecule has 1 fully saturated rings. The minimum absolute atomic E-state index is 0.00123. The molecule has 1 aromatic rings. The molecule has 0 bridgehead atoms. The molecule has 104 valence electrons. The van der Waals surface area contributed by atoms with E-state index in [0.29, 0.717) is 4.90 Å². The van der Waals surface area contributed by atoms with E-state index in [2.05, 4.69) is 10.0 Å². The smallest absolute Gasteiger partial charge is 0.240 e. The van der Waals surface area contributed by atoms with Crippen LogP contribution in [0, 0.1) is 0 Å². The van der Waals surface area contributed by atoms with Crippen molar-refractivity contribution in [2.75, 3.05) is 7.11 Å². The maximum atomic E-state index is 12.3. The molecule has 2 N–H and O–H groups in total. The Morgan fingerprint density at radius 2 is 2.00 bits per heavy atom. The van der Waals surface area contributed by atoms with E-state index in [1.807, 2.05) is 6.07 Å². The Bertz CT molecular complexity index is 580. The highest BCUT2D eigenvalue weighted by atomic mass is 32.2. The van der Waals surface area contributed by atoms with Gasteiger partial charge in [-0.3, -0.25) is 0 Å². The fraction of sp³-hybridized carbons (Fsp3) is 0.538. The Balaban J connectivity index is 1.74. The molecule has 0 atom stereocenters. The van der Waals surface area contributed by atoms with Crippen molar-refractivity contribution in [3.63, 3.8) is 0 Å². The van der Waals surface area contributed by atoms with Gasteiger partial charge in [0.15, 0.2) is 0 Å². The van der Waals surface area contributed by atoms with Crippen molar-refractivity contribution >= 4 is 10.0 Å². The Kier molecular flexibility index (Phi) is 3.34. The quantitative estimate of drug-likeness (QED) is 0.855. The molecule has 1 saturated carbocycles. The van der Waals surface area contributed by atoms with Gasteiger partial charge in [0.1, 0.15) is 0 Å². The number of hydrogen-bond donors (Lipinski definition) is 2. The molecule has 1 aliphatic heterocycles. The summed E-state index contributed by atoms with van der Waals surface area (Å²) >= 11 is 0. The summed E-state index contributed by atoms with van der Waals surface area (Å²) in [5.74, 6) is 0. The molecule has 0 amide bonds. The van der Waals surface area contributed by atoms with Crippen LogP contribution in [0.5, 0.6) is 0 Å².